The van der Waals surface area contributed by atoms with Crippen molar-refractivity contribution in [2.24, 2.45) is 17.8 Å². The van der Waals surface area contributed by atoms with Crippen LogP contribution in [0.5, 0.6) is 0 Å². The Labute approximate surface area is 122 Å². The van der Waals surface area contributed by atoms with Gasteiger partial charge in [-0.1, -0.05) is 29.9 Å². The van der Waals surface area contributed by atoms with Crippen molar-refractivity contribution in [2.75, 3.05) is 11.9 Å². The third kappa shape index (κ3) is 1.85. The minimum Gasteiger partial charge on any atom is -0.291 e. The molecule has 20 heavy (non-hydrogen) atoms. The second kappa shape index (κ2) is 4.55. The molecule has 2 saturated carbocycles. The van der Waals surface area contributed by atoms with E-state index in [4.69, 9.17) is 0 Å². The maximum atomic E-state index is 12.7. The topological polar surface area (TPSA) is 33.2 Å². The standard InChI is InChI=1S/C16H18N2OS/c1-18(15(19)12-9-10-6-7-11(12)8-10)16-17-13-4-2-3-5-14(13)20-16/h2-5,10-12H,6-9H2,1H3. The fourth-order valence-corrected chi connectivity index (χ4v) is 4.83. The van der Waals surface area contributed by atoms with Crippen LogP contribution in [0.4, 0.5) is 5.13 Å². The van der Waals surface area contributed by atoms with Gasteiger partial charge in [0.05, 0.1) is 10.2 Å². The van der Waals surface area contributed by atoms with Gasteiger partial charge in [-0.2, -0.15) is 0 Å². The molecular weight excluding hydrogens is 268 g/mol. The molecule has 0 radical (unpaired) electrons. The summed E-state index contributed by atoms with van der Waals surface area (Å²) in [5.74, 6) is 1.95. The fourth-order valence-electron chi connectivity index (χ4n) is 3.89. The monoisotopic (exact) mass is 286 g/mol. The molecule has 2 fully saturated rings. The van der Waals surface area contributed by atoms with Crippen molar-refractivity contribution in [3.63, 3.8) is 0 Å². The molecule has 2 aliphatic carbocycles. The van der Waals surface area contributed by atoms with Gasteiger partial charge in [0.1, 0.15) is 0 Å². The van der Waals surface area contributed by atoms with E-state index in [0.29, 0.717) is 5.92 Å². The summed E-state index contributed by atoms with van der Waals surface area (Å²) in [4.78, 5) is 19.1. The molecule has 2 aliphatic rings. The minimum absolute atomic E-state index is 0.241. The highest BCUT2D eigenvalue weighted by molar-refractivity contribution is 7.22. The van der Waals surface area contributed by atoms with Crippen LogP contribution in [0.3, 0.4) is 0 Å². The number of nitrogens with zero attached hydrogens (tertiary/aromatic N) is 2. The average Bonchev–Trinajstić information content (AvgIpc) is 3.19. The molecule has 0 saturated heterocycles. The molecule has 104 valence electrons. The first-order valence-electron chi connectivity index (χ1n) is 7.35. The van der Waals surface area contributed by atoms with Crippen molar-refractivity contribution in [2.45, 2.75) is 25.7 Å². The van der Waals surface area contributed by atoms with Crippen molar-refractivity contribution in [1.82, 2.24) is 4.98 Å². The van der Waals surface area contributed by atoms with Gasteiger partial charge in [0.25, 0.3) is 0 Å². The van der Waals surface area contributed by atoms with Crippen molar-refractivity contribution in [3.05, 3.63) is 24.3 Å². The normalized spacial score (nSPS) is 28.1. The molecule has 0 spiro atoms. The molecule has 1 aromatic carbocycles. The SMILES string of the molecule is CN(C(=O)C1CC2CCC1C2)c1nc2ccccc2s1. The van der Waals surface area contributed by atoms with Crippen LogP contribution >= 0.6 is 11.3 Å². The zero-order valence-corrected chi connectivity index (χ0v) is 12.4. The second-order valence-corrected chi connectivity index (χ2v) is 7.15. The maximum Gasteiger partial charge on any atom is 0.231 e. The van der Waals surface area contributed by atoms with E-state index in [1.165, 1.54) is 19.3 Å². The summed E-state index contributed by atoms with van der Waals surface area (Å²) in [7, 11) is 1.88. The van der Waals surface area contributed by atoms with Crippen LogP contribution in [0.25, 0.3) is 10.2 Å². The summed E-state index contributed by atoms with van der Waals surface area (Å²) in [6.45, 7) is 0. The Balaban J connectivity index is 1.60. The van der Waals surface area contributed by atoms with E-state index in [1.807, 2.05) is 25.2 Å². The number of aromatic nitrogens is 1. The van der Waals surface area contributed by atoms with Crippen LogP contribution < -0.4 is 4.90 Å². The lowest BCUT2D eigenvalue weighted by Crippen LogP contribution is -2.35. The summed E-state index contributed by atoms with van der Waals surface area (Å²) in [6.07, 6.45) is 4.94. The van der Waals surface area contributed by atoms with Gasteiger partial charge < -0.3 is 0 Å². The number of para-hydroxylation sites is 1. The average molecular weight is 286 g/mol. The molecule has 4 heteroatoms. The number of hydrogen-bond donors (Lipinski definition) is 0. The van der Waals surface area contributed by atoms with Crippen LogP contribution in [0.2, 0.25) is 0 Å². The maximum absolute atomic E-state index is 12.7. The lowest BCUT2D eigenvalue weighted by atomic mass is 9.88. The van der Waals surface area contributed by atoms with Crippen molar-refractivity contribution in [3.8, 4) is 0 Å². The highest BCUT2D eigenvalue weighted by Crippen LogP contribution is 2.49. The van der Waals surface area contributed by atoms with E-state index in [-0.39, 0.29) is 11.8 Å². The number of rotatable bonds is 2. The van der Waals surface area contributed by atoms with Gasteiger partial charge in [0, 0.05) is 13.0 Å². The van der Waals surface area contributed by atoms with Crippen LogP contribution in [0.1, 0.15) is 25.7 Å². The smallest absolute Gasteiger partial charge is 0.231 e. The van der Waals surface area contributed by atoms with Gasteiger partial charge in [0.15, 0.2) is 5.13 Å². The van der Waals surface area contributed by atoms with Gasteiger partial charge in [0.2, 0.25) is 5.91 Å². The third-order valence-corrected chi connectivity index (χ3v) is 6.07. The number of carbonyl (C=O) groups excluding carboxylic acids is 1. The Morgan fingerprint density at radius 3 is 2.85 bits per heavy atom. The van der Waals surface area contributed by atoms with Gasteiger partial charge in [-0.15, -0.1) is 0 Å². The highest BCUT2D eigenvalue weighted by Gasteiger charge is 2.44. The Hall–Kier alpha value is -1.42. The Bertz CT molecular complexity index is 632. The first-order valence-corrected chi connectivity index (χ1v) is 8.17. The van der Waals surface area contributed by atoms with Crippen LogP contribution in [-0.4, -0.2) is 17.9 Å². The number of thiazole rings is 1. The lowest BCUT2D eigenvalue weighted by Gasteiger charge is -2.24. The first kappa shape index (κ1) is 12.3. The Morgan fingerprint density at radius 1 is 1.30 bits per heavy atom. The molecule has 3 nitrogen and oxygen atoms in total. The molecule has 1 heterocycles. The molecule has 1 amide bonds. The van der Waals surface area contributed by atoms with Gasteiger partial charge in [-0.25, -0.2) is 4.98 Å². The molecule has 2 aromatic rings. The van der Waals surface area contributed by atoms with E-state index in [0.717, 1.165) is 27.7 Å². The van der Waals surface area contributed by atoms with Crippen LogP contribution in [-0.2, 0) is 4.79 Å². The van der Waals surface area contributed by atoms with Crippen molar-refractivity contribution < 1.29 is 4.79 Å². The largest absolute Gasteiger partial charge is 0.291 e. The lowest BCUT2D eigenvalue weighted by molar-refractivity contribution is -0.123. The van der Waals surface area contributed by atoms with E-state index >= 15 is 0 Å². The summed E-state index contributed by atoms with van der Waals surface area (Å²) in [5, 5.41) is 0.832. The fraction of sp³-hybridized carbons (Fsp3) is 0.500. The Morgan fingerprint density at radius 2 is 2.15 bits per heavy atom. The molecule has 0 N–H and O–H groups in total. The predicted octanol–water partition coefficient (Wildman–Crippen LogP) is 3.70. The van der Waals surface area contributed by atoms with E-state index in [9.17, 15) is 4.79 Å². The summed E-state index contributed by atoms with van der Waals surface area (Å²) < 4.78 is 1.15. The first-order chi connectivity index (χ1) is 9.72. The predicted molar refractivity (Wildman–Crippen MR) is 82.0 cm³/mol. The van der Waals surface area contributed by atoms with E-state index in [1.54, 1.807) is 16.2 Å². The van der Waals surface area contributed by atoms with E-state index < -0.39 is 0 Å². The van der Waals surface area contributed by atoms with Gasteiger partial charge in [-0.3, -0.25) is 9.69 Å². The molecule has 4 rings (SSSR count). The van der Waals surface area contributed by atoms with E-state index in [2.05, 4.69) is 11.1 Å². The number of fused-ring (bicyclic) bond motifs is 3. The molecule has 3 atom stereocenters. The highest BCUT2D eigenvalue weighted by atomic mass is 32.1. The molecular formula is C16H18N2OS. The van der Waals surface area contributed by atoms with Crippen molar-refractivity contribution >= 4 is 32.6 Å². The third-order valence-electron chi connectivity index (χ3n) is 4.96. The number of benzene rings is 1. The quantitative estimate of drug-likeness (QED) is 0.843. The number of amides is 1. The van der Waals surface area contributed by atoms with Crippen LogP contribution in [0.15, 0.2) is 24.3 Å². The number of hydrogen-bond acceptors (Lipinski definition) is 3. The van der Waals surface area contributed by atoms with Crippen molar-refractivity contribution in [1.29, 1.82) is 0 Å². The summed E-state index contributed by atoms with van der Waals surface area (Å²) >= 11 is 1.61. The number of carbonyl (C=O) groups is 1. The zero-order valence-electron chi connectivity index (χ0n) is 11.6. The molecule has 0 aliphatic heterocycles. The molecule has 2 bridgehead atoms. The Kier molecular flexibility index (Phi) is 2.81. The van der Waals surface area contributed by atoms with Gasteiger partial charge >= 0.3 is 0 Å². The zero-order chi connectivity index (χ0) is 13.7. The molecule has 1 aromatic heterocycles. The number of anilines is 1. The minimum atomic E-state index is 0.241. The van der Waals surface area contributed by atoms with Crippen LogP contribution in [0, 0.1) is 17.8 Å². The summed E-state index contributed by atoms with van der Waals surface area (Å²) in [6, 6.07) is 8.07. The molecule has 3 unspecified atom stereocenters. The van der Waals surface area contributed by atoms with Gasteiger partial charge in [-0.05, 0) is 43.2 Å². The summed E-state index contributed by atoms with van der Waals surface area (Å²) in [5.41, 5.74) is 0.986. The second-order valence-electron chi connectivity index (χ2n) is 6.14.